The van der Waals surface area contributed by atoms with Crippen LogP contribution in [0.2, 0.25) is 0 Å². The maximum absolute atomic E-state index is 12.3. The van der Waals surface area contributed by atoms with Gasteiger partial charge in [-0.1, -0.05) is 6.07 Å². The van der Waals surface area contributed by atoms with E-state index in [1.165, 1.54) is 0 Å². The lowest BCUT2D eigenvalue weighted by atomic mass is 9.82. The number of rotatable bonds is 5. The second-order valence-electron chi connectivity index (χ2n) is 7.52. The van der Waals surface area contributed by atoms with Crippen molar-refractivity contribution in [3.8, 4) is 0 Å². The van der Waals surface area contributed by atoms with Crippen LogP contribution in [0, 0.1) is 0 Å². The largest absolute Gasteiger partial charge is 0.363 e. The molecule has 0 radical (unpaired) electrons. The van der Waals surface area contributed by atoms with Gasteiger partial charge in [-0.3, -0.25) is 14.7 Å². The van der Waals surface area contributed by atoms with Crippen molar-refractivity contribution in [3.63, 3.8) is 0 Å². The van der Waals surface area contributed by atoms with Gasteiger partial charge in [0, 0.05) is 38.9 Å². The third-order valence-electron chi connectivity index (χ3n) is 5.63. The molecule has 3 rings (SSSR count). The van der Waals surface area contributed by atoms with Gasteiger partial charge in [-0.15, -0.1) is 0 Å². The smallest absolute Gasteiger partial charge is 0.248 e. The molecule has 6 heteroatoms. The molecular formula is C19H30N4O2. The Morgan fingerprint density at radius 1 is 1.32 bits per heavy atom. The molecule has 2 fully saturated rings. The van der Waals surface area contributed by atoms with Crippen LogP contribution >= 0.6 is 0 Å². The van der Waals surface area contributed by atoms with Gasteiger partial charge in [-0.25, -0.2) is 0 Å². The Hall–Kier alpha value is -1.50. The molecule has 0 N–H and O–H groups in total. The number of likely N-dealkylation sites (tertiary alicyclic amines) is 1. The molecule has 1 aromatic rings. The minimum atomic E-state index is -0.194. The summed E-state index contributed by atoms with van der Waals surface area (Å²) < 4.78 is 6.12. The molecule has 1 spiro atoms. The predicted octanol–water partition coefficient (Wildman–Crippen LogP) is 1.23. The summed E-state index contributed by atoms with van der Waals surface area (Å²) in [6.07, 6.45) is 3.78. The van der Waals surface area contributed by atoms with Crippen molar-refractivity contribution in [2.75, 3.05) is 46.9 Å². The molecular weight excluding hydrogens is 316 g/mol. The summed E-state index contributed by atoms with van der Waals surface area (Å²) in [5.74, 6) is 0.121. The van der Waals surface area contributed by atoms with Crippen molar-refractivity contribution in [2.24, 2.45) is 0 Å². The van der Waals surface area contributed by atoms with E-state index in [0.29, 0.717) is 0 Å². The molecule has 1 aromatic heterocycles. The fourth-order valence-corrected chi connectivity index (χ4v) is 3.91. The minimum absolute atomic E-state index is 0.121. The number of hydrogen-bond acceptors (Lipinski definition) is 5. The van der Waals surface area contributed by atoms with E-state index in [4.69, 9.17) is 4.74 Å². The molecule has 0 saturated carbocycles. The molecule has 2 saturated heterocycles. The van der Waals surface area contributed by atoms with Crippen LogP contribution in [0.1, 0.15) is 25.5 Å². The third kappa shape index (κ3) is 4.19. The van der Waals surface area contributed by atoms with Gasteiger partial charge in [-0.2, -0.15) is 0 Å². The number of morpholine rings is 1. The van der Waals surface area contributed by atoms with Gasteiger partial charge in [0.25, 0.3) is 0 Å². The van der Waals surface area contributed by atoms with Gasteiger partial charge in [0.15, 0.2) is 0 Å². The lowest BCUT2D eigenvalue weighted by Crippen LogP contribution is -2.64. The highest BCUT2D eigenvalue weighted by Crippen LogP contribution is 2.35. The average Bonchev–Trinajstić information content (AvgIpc) is 2.61. The van der Waals surface area contributed by atoms with Crippen molar-refractivity contribution >= 4 is 5.91 Å². The Morgan fingerprint density at radius 3 is 2.72 bits per heavy atom. The van der Waals surface area contributed by atoms with Crippen LogP contribution < -0.4 is 0 Å². The summed E-state index contributed by atoms with van der Waals surface area (Å²) in [5.41, 5.74) is 0.916. The number of likely N-dealkylation sites (N-methyl/N-ethyl adjacent to an activating group) is 1. The fourth-order valence-electron chi connectivity index (χ4n) is 3.91. The van der Waals surface area contributed by atoms with Crippen LogP contribution in [0.4, 0.5) is 0 Å². The topological polar surface area (TPSA) is 48.9 Å². The van der Waals surface area contributed by atoms with E-state index in [0.717, 1.165) is 51.3 Å². The van der Waals surface area contributed by atoms with Crippen molar-refractivity contribution in [1.82, 2.24) is 19.7 Å². The lowest BCUT2D eigenvalue weighted by molar-refractivity contribution is -0.187. The first kappa shape index (κ1) is 18.3. The third-order valence-corrected chi connectivity index (χ3v) is 5.63. The first-order valence-electron chi connectivity index (χ1n) is 9.21. The zero-order chi connectivity index (χ0) is 17.9. The molecule has 2 aliphatic heterocycles. The van der Waals surface area contributed by atoms with Gasteiger partial charge < -0.3 is 14.5 Å². The molecule has 6 nitrogen and oxygen atoms in total. The van der Waals surface area contributed by atoms with Crippen LogP contribution in [0.5, 0.6) is 0 Å². The van der Waals surface area contributed by atoms with Crippen molar-refractivity contribution < 1.29 is 9.53 Å². The molecule has 138 valence electrons. The quantitative estimate of drug-likeness (QED) is 0.802. The van der Waals surface area contributed by atoms with Gasteiger partial charge >= 0.3 is 0 Å². The first-order valence-corrected chi connectivity index (χ1v) is 9.21. The maximum atomic E-state index is 12.3. The van der Waals surface area contributed by atoms with Crippen LogP contribution in [0.15, 0.2) is 24.4 Å². The number of pyridine rings is 1. The highest BCUT2D eigenvalue weighted by molar-refractivity contribution is 5.78. The van der Waals surface area contributed by atoms with Crippen molar-refractivity contribution in [1.29, 1.82) is 0 Å². The molecule has 1 atom stereocenters. The van der Waals surface area contributed by atoms with E-state index in [9.17, 15) is 4.79 Å². The number of carbonyl (C=O) groups excluding carboxylic acids is 1. The first-order chi connectivity index (χ1) is 12.0. The van der Waals surface area contributed by atoms with E-state index in [-0.39, 0.29) is 24.2 Å². The summed E-state index contributed by atoms with van der Waals surface area (Å²) in [4.78, 5) is 23.3. The maximum Gasteiger partial charge on any atom is 0.248 e. The van der Waals surface area contributed by atoms with E-state index >= 15 is 0 Å². The second-order valence-corrected chi connectivity index (χ2v) is 7.52. The Bertz CT molecular complexity index is 570. The van der Waals surface area contributed by atoms with Gasteiger partial charge in [0.05, 0.1) is 17.3 Å². The normalized spacial score (nSPS) is 24.2. The summed E-state index contributed by atoms with van der Waals surface area (Å²) in [5, 5.41) is 0. The minimum Gasteiger partial charge on any atom is -0.363 e. The number of amides is 1. The standard InChI is InChI=1S/C19H30N4O2/c1-16-19(25-15-18(24)23(16)13-12-21(2)3)7-10-22(11-8-19)14-17-6-4-5-9-20-17/h4-6,9,16H,7-8,10-15H2,1-3H3. The van der Waals surface area contributed by atoms with Crippen molar-refractivity contribution in [2.45, 2.75) is 38.0 Å². The second kappa shape index (κ2) is 7.81. The Balaban J connectivity index is 1.60. The average molecular weight is 346 g/mol. The van der Waals surface area contributed by atoms with E-state index in [2.05, 4.69) is 27.8 Å². The summed E-state index contributed by atoms with van der Waals surface area (Å²) in [6, 6.07) is 6.19. The number of piperidine rings is 1. The predicted molar refractivity (Wildman–Crippen MR) is 97.2 cm³/mol. The molecule has 3 heterocycles. The highest BCUT2D eigenvalue weighted by atomic mass is 16.5. The number of nitrogens with zero attached hydrogens (tertiary/aromatic N) is 4. The Kier molecular flexibility index (Phi) is 5.71. The highest BCUT2D eigenvalue weighted by Gasteiger charge is 2.47. The monoisotopic (exact) mass is 346 g/mol. The lowest BCUT2D eigenvalue weighted by Gasteiger charge is -2.51. The zero-order valence-corrected chi connectivity index (χ0v) is 15.6. The molecule has 1 unspecified atom stereocenters. The molecule has 2 aliphatic rings. The number of carbonyl (C=O) groups is 1. The van der Waals surface area contributed by atoms with Gasteiger partial charge in [0.1, 0.15) is 6.61 Å². The summed E-state index contributed by atoms with van der Waals surface area (Å²) in [7, 11) is 4.09. The molecule has 1 amide bonds. The van der Waals surface area contributed by atoms with E-state index < -0.39 is 0 Å². The van der Waals surface area contributed by atoms with Gasteiger partial charge in [-0.05, 0) is 46.0 Å². The molecule has 0 aliphatic carbocycles. The molecule has 0 bridgehead atoms. The SMILES string of the molecule is CC1N(CCN(C)C)C(=O)COC12CCN(Cc1ccccn1)CC2. The number of ether oxygens (including phenoxy) is 1. The summed E-state index contributed by atoms with van der Waals surface area (Å²) in [6.45, 7) is 6.88. The number of aromatic nitrogens is 1. The van der Waals surface area contributed by atoms with Crippen LogP contribution in [0.25, 0.3) is 0 Å². The summed E-state index contributed by atoms with van der Waals surface area (Å²) >= 11 is 0. The van der Waals surface area contributed by atoms with E-state index in [1.54, 1.807) is 0 Å². The fraction of sp³-hybridized carbons (Fsp3) is 0.684. The number of hydrogen-bond donors (Lipinski definition) is 0. The molecule has 0 aromatic carbocycles. The van der Waals surface area contributed by atoms with Crippen LogP contribution in [-0.4, -0.2) is 84.1 Å². The zero-order valence-electron chi connectivity index (χ0n) is 15.6. The van der Waals surface area contributed by atoms with Crippen LogP contribution in [-0.2, 0) is 16.1 Å². The molecule has 25 heavy (non-hydrogen) atoms. The van der Waals surface area contributed by atoms with Gasteiger partial charge in [0.2, 0.25) is 5.91 Å². The van der Waals surface area contributed by atoms with E-state index in [1.807, 2.05) is 37.3 Å². The Labute approximate surface area is 150 Å². The van der Waals surface area contributed by atoms with Crippen molar-refractivity contribution in [3.05, 3.63) is 30.1 Å². The van der Waals surface area contributed by atoms with Crippen LogP contribution in [0.3, 0.4) is 0 Å². The Morgan fingerprint density at radius 2 is 2.08 bits per heavy atom.